The summed E-state index contributed by atoms with van der Waals surface area (Å²) in [5, 5.41) is 18.1. The monoisotopic (exact) mass is 252 g/mol. The zero-order valence-corrected chi connectivity index (χ0v) is 9.09. The molecule has 0 amide bonds. The molecule has 0 spiro atoms. The molecule has 1 unspecified atom stereocenters. The van der Waals surface area contributed by atoms with Crippen LogP contribution in [0.1, 0.15) is 16.8 Å². The maximum Gasteiger partial charge on any atom is 0.345 e. The number of hydrogen-bond donors (Lipinski definition) is 2. The van der Waals surface area contributed by atoms with E-state index in [1.807, 2.05) is 0 Å². The summed E-state index contributed by atoms with van der Waals surface area (Å²) in [6.45, 7) is 0. The number of aliphatic carboxylic acids is 1. The average Bonchev–Trinajstić information content (AvgIpc) is 2.77. The first kappa shape index (κ1) is 12.1. The van der Waals surface area contributed by atoms with Crippen LogP contribution in [-0.2, 0) is 9.53 Å². The molecule has 1 aromatic carbocycles. The van der Waals surface area contributed by atoms with Crippen LogP contribution in [0.25, 0.3) is 0 Å². The topological polar surface area (TPSA) is 83.8 Å². The molecule has 0 aromatic heterocycles. The lowest BCUT2D eigenvalue weighted by Gasteiger charge is -2.09. The Morgan fingerprint density at radius 1 is 1.39 bits per heavy atom. The van der Waals surface area contributed by atoms with E-state index < -0.39 is 35.0 Å². The number of ketones is 1. The molecular formula is C12H9FO5. The van der Waals surface area contributed by atoms with Gasteiger partial charge in [-0.1, -0.05) is 6.07 Å². The molecule has 0 radical (unpaired) electrons. The van der Waals surface area contributed by atoms with Crippen molar-refractivity contribution in [3.8, 4) is 5.75 Å². The molecule has 6 heteroatoms. The number of carboxylic acids is 1. The van der Waals surface area contributed by atoms with Crippen molar-refractivity contribution in [1.82, 2.24) is 0 Å². The van der Waals surface area contributed by atoms with Gasteiger partial charge >= 0.3 is 5.97 Å². The van der Waals surface area contributed by atoms with E-state index in [-0.39, 0.29) is 12.2 Å². The number of allylic oxidation sites excluding steroid dienone is 1. The molecule has 0 saturated carbocycles. The van der Waals surface area contributed by atoms with Crippen LogP contribution in [-0.4, -0.2) is 28.1 Å². The van der Waals surface area contributed by atoms with Crippen LogP contribution < -0.4 is 0 Å². The first-order chi connectivity index (χ1) is 8.50. The van der Waals surface area contributed by atoms with Crippen molar-refractivity contribution in [2.75, 3.05) is 0 Å². The number of rotatable bonds is 3. The van der Waals surface area contributed by atoms with Gasteiger partial charge in [0.05, 0.1) is 0 Å². The molecule has 0 fully saturated rings. The molecule has 18 heavy (non-hydrogen) atoms. The third kappa shape index (κ3) is 2.04. The van der Waals surface area contributed by atoms with E-state index in [9.17, 15) is 19.1 Å². The van der Waals surface area contributed by atoms with Gasteiger partial charge in [-0.15, -0.1) is 0 Å². The highest BCUT2D eigenvalue weighted by atomic mass is 19.1. The van der Waals surface area contributed by atoms with Gasteiger partial charge in [-0.2, -0.15) is 0 Å². The summed E-state index contributed by atoms with van der Waals surface area (Å²) < 4.78 is 18.3. The van der Waals surface area contributed by atoms with Gasteiger partial charge < -0.3 is 14.9 Å². The van der Waals surface area contributed by atoms with Crippen LogP contribution in [0.5, 0.6) is 5.75 Å². The van der Waals surface area contributed by atoms with Gasteiger partial charge in [0.25, 0.3) is 0 Å². The first-order valence-corrected chi connectivity index (χ1v) is 5.12. The van der Waals surface area contributed by atoms with Crippen LogP contribution in [0.3, 0.4) is 0 Å². The first-order valence-electron chi connectivity index (χ1n) is 5.12. The average molecular weight is 252 g/mol. The van der Waals surface area contributed by atoms with E-state index in [2.05, 4.69) is 0 Å². The molecular weight excluding hydrogens is 243 g/mol. The Balaban J connectivity index is 2.26. The van der Waals surface area contributed by atoms with Crippen LogP contribution >= 0.6 is 0 Å². The predicted molar refractivity (Wildman–Crippen MR) is 57.6 cm³/mol. The van der Waals surface area contributed by atoms with Crippen LogP contribution in [0.15, 0.2) is 30.0 Å². The summed E-state index contributed by atoms with van der Waals surface area (Å²) in [5.74, 6) is -3.73. The molecule has 2 rings (SSSR count). The zero-order chi connectivity index (χ0) is 13.3. The molecule has 0 aliphatic carbocycles. The summed E-state index contributed by atoms with van der Waals surface area (Å²) in [7, 11) is 0. The standard InChI is InChI=1S/C12H9FO5/c13-6-2-1-3-7(14)10(6)11(15)8-4-5-9(18-8)12(16)17/h1-4,9,14H,5H2,(H,16,17). The zero-order valence-electron chi connectivity index (χ0n) is 9.09. The third-order valence-corrected chi connectivity index (χ3v) is 2.50. The summed E-state index contributed by atoms with van der Waals surface area (Å²) in [6, 6.07) is 3.45. The minimum Gasteiger partial charge on any atom is -0.507 e. The van der Waals surface area contributed by atoms with Gasteiger partial charge in [0.2, 0.25) is 5.78 Å². The Kier molecular flexibility index (Phi) is 3.01. The highest BCUT2D eigenvalue weighted by Gasteiger charge is 2.31. The number of hydrogen-bond acceptors (Lipinski definition) is 4. The lowest BCUT2D eigenvalue weighted by atomic mass is 10.1. The Morgan fingerprint density at radius 2 is 2.11 bits per heavy atom. The highest BCUT2D eigenvalue weighted by Crippen LogP contribution is 2.27. The fraction of sp³-hybridized carbons (Fsp3) is 0.167. The molecule has 94 valence electrons. The summed E-state index contributed by atoms with van der Waals surface area (Å²) in [5.41, 5.74) is -0.519. The van der Waals surface area contributed by atoms with Crippen molar-refractivity contribution >= 4 is 11.8 Å². The Labute approximate surface area is 101 Å². The maximum atomic E-state index is 13.4. The number of halogens is 1. The van der Waals surface area contributed by atoms with E-state index in [1.54, 1.807) is 0 Å². The molecule has 1 heterocycles. The number of carboxylic acid groups (broad SMARTS) is 1. The third-order valence-electron chi connectivity index (χ3n) is 2.50. The van der Waals surface area contributed by atoms with Crippen LogP contribution in [0.2, 0.25) is 0 Å². The van der Waals surface area contributed by atoms with Gasteiger partial charge in [0.1, 0.15) is 17.1 Å². The van der Waals surface area contributed by atoms with Crippen molar-refractivity contribution in [3.63, 3.8) is 0 Å². The van der Waals surface area contributed by atoms with E-state index in [1.165, 1.54) is 18.2 Å². The lowest BCUT2D eigenvalue weighted by molar-refractivity contribution is -0.146. The Hall–Kier alpha value is -2.37. The number of aromatic hydroxyl groups is 1. The number of carbonyl (C=O) groups is 2. The van der Waals surface area contributed by atoms with E-state index in [4.69, 9.17) is 9.84 Å². The number of phenols is 1. The molecule has 5 nitrogen and oxygen atoms in total. The van der Waals surface area contributed by atoms with E-state index in [0.717, 1.165) is 6.07 Å². The Morgan fingerprint density at radius 3 is 2.67 bits per heavy atom. The fourth-order valence-corrected chi connectivity index (χ4v) is 1.62. The van der Waals surface area contributed by atoms with E-state index in [0.29, 0.717) is 0 Å². The minimum absolute atomic E-state index is 0.0334. The number of ether oxygens (including phenoxy) is 1. The molecule has 0 saturated heterocycles. The number of carbonyl (C=O) groups excluding carboxylic acids is 1. The van der Waals surface area contributed by atoms with Crippen LogP contribution in [0.4, 0.5) is 4.39 Å². The summed E-state index contributed by atoms with van der Waals surface area (Å²) in [4.78, 5) is 22.5. The van der Waals surface area contributed by atoms with Gasteiger partial charge in [0.15, 0.2) is 11.9 Å². The SMILES string of the molecule is O=C(C1=CCC(C(=O)O)O1)c1c(O)cccc1F. The second-order valence-corrected chi connectivity index (χ2v) is 3.71. The number of benzene rings is 1. The highest BCUT2D eigenvalue weighted by molar-refractivity contribution is 6.09. The van der Waals surface area contributed by atoms with Crippen molar-refractivity contribution in [2.24, 2.45) is 0 Å². The summed E-state index contributed by atoms with van der Waals surface area (Å²) in [6.07, 6.45) is 0.163. The van der Waals surface area contributed by atoms with Crippen molar-refractivity contribution in [1.29, 1.82) is 0 Å². The summed E-state index contributed by atoms with van der Waals surface area (Å²) >= 11 is 0. The molecule has 1 aliphatic rings. The van der Waals surface area contributed by atoms with Gasteiger partial charge in [-0.25, -0.2) is 9.18 Å². The molecule has 2 N–H and O–H groups in total. The second-order valence-electron chi connectivity index (χ2n) is 3.71. The van der Waals surface area contributed by atoms with E-state index >= 15 is 0 Å². The largest absolute Gasteiger partial charge is 0.507 e. The maximum absolute atomic E-state index is 13.4. The molecule has 0 bridgehead atoms. The van der Waals surface area contributed by atoms with Crippen molar-refractivity contribution in [3.05, 3.63) is 41.4 Å². The quantitative estimate of drug-likeness (QED) is 0.796. The van der Waals surface area contributed by atoms with Gasteiger partial charge in [-0.3, -0.25) is 4.79 Å². The molecule has 1 atom stereocenters. The number of Topliss-reactive ketones (excluding diaryl/α,β-unsaturated/α-hetero) is 1. The lowest BCUT2D eigenvalue weighted by Crippen LogP contribution is -2.20. The fourth-order valence-electron chi connectivity index (χ4n) is 1.62. The Bertz CT molecular complexity index is 529. The normalized spacial score (nSPS) is 18.1. The smallest absolute Gasteiger partial charge is 0.345 e. The second kappa shape index (κ2) is 4.48. The van der Waals surface area contributed by atoms with Gasteiger partial charge in [-0.05, 0) is 18.2 Å². The number of phenolic OH excluding ortho intramolecular Hbond substituents is 1. The molecule has 1 aliphatic heterocycles. The molecule has 1 aromatic rings. The predicted octanol–water partition coefficient (Wildman–Crippen LogP) is 1.47. The minimum atomic E-state index is -1.20. The van der Waals surface area contributed by atoms with Crippen molar-refractivity contribution < 1.29 is 28.9 Å². The van der Waals surface area contributed by atoms with Crippen molar-refractivity contribution in [2.45, 2.75) is 12.5 Å². The van der Waals surface area contributed by atoms with Gasteiger partial charge in [0, 0.05) is 6.42 Å². The van der Waals surface area contributed by atoms with Crippen LogP contribution in [0, 0.1) is 5.82 Å².